The molecule has 2 aromatic rings. The molecule has 0 saturated carbocycles. The topological polar surface area (TPSA) is 49.8 Å². The lowest BCUT2D eigenvalue weighted by molar-refractivity contribution is -0.0318. The van der Waals surface area contributed by atoms with Crippen molar-refractivity contribution in [2.75, 3.05) is 13.1 Å². The molecule has 0 amide bonds. The lowest BCUT2D eigenvalue weighted by Gasteiger charge is -2.43. The number of aryl methyl sites for hydroxylation is 2. The first-order chi connectivity index (χ1) is 17.2. The quantitative estimate of drug-likeness (QED) is 0.270. The average molecular weight is 528 g/mol. The van der Waals surface area contributed by atoms with Gasteiger partial charge in [-0.2, -0.15) is 0 Å². The molecule has 0 aromatic heterocycles. The third kappa shape index (κ3) is 5.86. The van der Waals surface area contributed by atoms with E-state index in [9.17, 15) is 14.3 Å². The largest absolute Gasteiger partial charge is 0.542 e. The second kappa shape index (κ2) is 11.4. The number of likely N-dealkylation sites (tertiary alicyclic amines) is 1. The Labute approximate surface area is 224 Å². The van der Waals surface area contributed by atoms with Gasteiger partial charge in [-0.1, -0.05) is 53.7 Å². The van der Waals surface area contributed by atoms with Crippen molar-refractivity contribution in [1.82, 2.24) is 4.90 Å². The van der Waals surface area contributed by atoms with Crippen LogP contribution in [0.3, 0.4) is 0 Å². The Morgan fingerprint density at radius 3 is 1.81 bits per heavy atom. The molecule has 1 aliphatic rings. The summed E-state index contributed by atoms with van der Waals surface area (Å²) in [7, 11) is -2.11. The summed E-state index contributed by atoms with van der Waals surface area (Å²) in [5.41, 5.74) is 3.90. The van der Waals surface area contributed by atoms with Gasteiger partial charge >= 0.3 is 0 Å². The van der Waals surface area contributed by atoms with Gasteiger partial charge in [0, 0.05) is 18.7 Å². The van der Waals surface area contributed by atoms with Crippen molar-refractivity contribution < 1.29 is 18.7 Å². The van der Waals surface area contributed by atoms with Gasteiger partial charge in [-0.25, -0.2) is 4.39 Å². The number of rotatable bonds is 9. The van der Waals surface area contributed by atoms with Gasteiger partial charge in [-0.3, -0.25) is 9.69 Å². The molecule has 37 heavy (non-hydrogen) atoms. The van der Waals surface area contributed by atoms with Crippen LogP contribution in [0.25, 0.3) is 0 Å². The van der Waals surface area contributed by atoms with E-state index in [1.807, 2.05) is 32.9 Å². The van der Waals surface area contributed by atoms with Crippen LogP contribution in [-0.2, 0) is 5.60 Å². The van der Waals surface area contributed by atoms with E-state index < -0.39 is 13.9 Å². The highest BCUT2D eigenvalue weighted by molar-refractivity contribution is 6.78. The fourth-order valence-corrected chi connectivity index (χ4v) is 11.9. The van der Waals surface area contributed by atoms with E-state index in [1.165, 1.54) is 12.1 Å². The van der Waals surface area contributed by atoms with Crippen molar-refractivity contribution in [1.29, 1.82) is 0 Å². The van der Waals surface area contributed by atoms with Crippen molar-refractivity contribution in [3.05, 3.63) is 64.5 Å². The molecule has 0 spiro atoms. The second-order valence-corrected chi connectivity index (χ2v) is 17.3. The van der Waals surface area contributed by atoms with Crippen molar-refractivity contribution >= 4 is 14.1 Å². The zero-order chi connectivity index (χ0) is 27.7. The zero-order valence-electron chi connectivity index (χ0n) is 24.2. The first-order valence-electron chi connectivity index (χ1n) is 13.8. The molecular formula is C31H46FNO3Si. The summed E-state index contributed by atoms with van der Waals surface area (Å²) in [6.45, 7) is 21.0. The Kier molecular flexibility index (Phi) is 9.08. The summed E-state index contributed by atoms with van der Waals surface area (Å²) < 4.78 is 20.3. The normalized spacial score (nSPS) is 17.5. The van der Waals surface area contributed by atoms with E-state index in [1.54, 1.807) is 12.1 Å². The van der Waals surface area contributed by atoms with E-state index in [0.717, 1.165) is 22.4 Å². The summed E-state index contributed by atoms with van der Waals surface area (Å²) in [6.07, 6.45) is 1.01. The summed E-state index contributed by atoms with van der Waals surface area (Å²) in [4.78, 5) is 15.7. The van der Waals surface area contributed by atoms with Gasteiger partial charge in [0.15, 0.2) is 5.78 Å². The molecule has 0 radical (unpaired) electrons. The van der Waals surface area contributed by atoms with E-state index in [-0.39, 0.29) is 17.6 Å². The minimum absolute atomic E-state index is 0.0880. The maximum absolute atomic E-state index is 13.6. The number of hydrogen-bond donors (Lipinski definition) is 1. The Hall–Kier alpha value is -2.02. The third-order valence-electron chi connectivity index (χ3n) is 8.66. The molecule has 1 aliphatic heterocycles. The van der Waals surface area contributed by atoms with Gasteiger partial charge in [-0.05, 0) is 91.2 Å². The smallest absolute Gasteiger partial charge is 0.258 e. The van der Waals surface area contributed by atoms with Crippen molar-refractivity contribution in [3.63, 3.8) is 0 Å². The van der Waals surface area contributed by atoms with E-state index in [2.05, 4.69) is 46.4 Å². The van der Waals surface area contributed by atoms with Crippen molar-refractivity contribution in [3.8, 4) is 5.75 Å². The molecule has 6 heteroatoms. The molecule has 3 rings (SSSR count). The number of carbonyl (C=O) groups excluding carboxylic acids is 1. The number of aliphatic hydroxyl groups is 1. The van der Waals surface area contributed by atoms with Crippen LogP contribution in [0, 0.1) is 19.7 Å². The summed E-state index contributed by atoms with van der Waals surface area (Å²) >= 11 is 0. The van der Waals surface area contributed by atoms with E-state index in [0.29, 0.717) is 48.1 Å². The van der Waals surface area contributed by atoms with Crippen LogP contribution < -0.4 is 4.43 Å². The highest BCUT2D eigenvalue weighted by Gasteiger charge is 2.47. The maximum atomic E-state index is 13.6. The highest BCUT2D eigenvalue weighted by atomic mass is 28.4. The van der Waals surface area contributed by atoms with Gasteiger partial charge < -0.3 is 9.53 Å². The molecule has 0 bridgehead atoms. The predicted molar refractivity (Wildman–Crippen MR) is 152 cm³/mol. The van der Waals surface area contributed by atoms with Gasteiger partial charge in [0.05, 0.1) is 11.6 Å². The molecule has 2 aromatic carbocycles. The Morgan fingerprint density at radius 2 is 1.38 bits per heavy atom. The average Bonchev–Trinajstić information content (AvgIpc) is 2.82. The second-order valence-electron chi connectivity index (χ2n) is 12.0. The minimum Gasteiger partial charge on any atom is -0.542 e. The van der Waals surface area contributed by atoms with Gasteiger partial charge in [0.25, 0.3) is 8.32 Å². The SMILES string of the molecule is Cc1cc(C(=O)C(C)N2CCC(O)(c3ccc(F)cc3)CC2)cc(C)c1O[Si](C(C)C)(C(C)C)C(C)C. The number of halogens is 1. The number of nitrogens with zero attached hydrogens (tertiary/aromatic N) is 1. The van der Waals surface area contributed by atoms with Crippen LogP contribution in [0.2, 0.25) is 16.6 Å². The minimum atomic E-state index is -2.11. The first-order valence-corrected chi connectivity index (χ1v) is 15.9. The van der Waals surface area contributed by atoms with Crippen LogP contribution >= 0.6 is 0 Å². The molecule has 1 atom stereocenters. The van der Waals surface area contributed by atoms with Crippen LogP contribution in [-0.4, -0.2) is 43.2 Å². The third-order valence-corrected chi connectivity index (χ3v) is 14.6. The number of hydrogen-bond acceptors (Lipinski definition) is 4. The Balaban J connectivity index is 1.77. The summed E-state index contributed by atoms with van der Waals surface area (Å²) in [5, 5.41) is 11.2. The van der Waals surface area contributed by atoms with Crippen LogP contribution in [0.15, 0.2) is 36.4 Å². The first kappa shape index (κ1) is 29.5. The van der Waals surface area contributed by atoms with Crippen LogP contribution in [0.1, 0.15) is 88.4 Å². The molecule has 204 valence electrons. The Bertz CT molecular complexity index is 1040. The summed E-state index contributed by atoms with van der Waals surface area (Å²) in [6, 6.07) is 9.77. The maximum Gasteiger partial charge on any atom is 0.258 e. The van der Waals surface area contributed by atoms with Crippen molar-refractivity contribution in [2.45, 2.75) is 103 Å². The standard InChI is InChI=1S/C31H46FNO3Si/c1-20(2)37(21(3)4,22(5)6)36-30-23(7)18-26(19-24(30)8)29(34)25(9)33-16-14-31(35,15-17-33)27-10-12-28(32)13-11-27/h10-13,18-22,25,35H,14-17H2,1-9H3. The number of piperidine rings is 1. The molecule has 1 fully saturated rings. The van der Waals surface area contributed by atoms with Crippen molar-refractivity contribution in [2.24, 2.45) is 0 Å². The monoisotopic (exact) mass is 527 g/mol. The molecule has 1 heterocycles. The van der Waals surface area contributed by atoms with E-state index >= 15 is 0 Å². The lowest BCUT2D eigenvalue weighted by Crippen LogP contribution is -2.51. The molecule has 1 N–H and O–H groups in total. The summed E-state index contributed by atoms with van der Waals surface area (Å²) in [5.74, 6) is 0.719. The predicted octanol–water partition coefficient (Wildman–Crippen LogP) is 7.55. The zero-order valence-corrected chi connectivity index (χ0v) is 25.2. The lowest BCUT2D eigenvalue weighted by atomic mass is 9.83. The van der Waals surface area contributed by atoms with Crippen LogP contribution in [0.4, 0.5) is 4.39 Å². The highest BCUT2D eigenvalue weighted by Crippen LogP contribution is 2.44. The van der Waals surface area contributed by atoms with Crippen LogP contribution in [0.5, 0.6) is 5.75 Å². The number of carbonyl (C=O) groups is 1. The van der Waals surface area contributed by atoms with Gasteiger partial charge in [0.2, 0.25) is 0 Å². The number of ketones is 1. The number of Topliss-reactive ketones (excluding diaryl/α,β-unsaturated/α-hetero) is 1. The number of benzene rings is 2. The molecule has 1 unspecified atom stereocenters. The van der Waals surface area contributed by atoms with Gasteiger partial charge in [0.1, 0.15) is 11.6 Å². The Morgan fingerprint density at radius 1 is 0.919 bits per heavy atom. The molecule has 1 saturated heterocycles. The van der Waals surface area contributed by atoms with E-state index in [4.69, 9.17) is 4.43 Å². The molecular weight excluding hydrogens is 481 g/mol. The van der Waals surface area contributed by atoms with Gasteiger partial charge in [-0.15, -0.1) is 0 Å². The fraction of sp³-hybridized carbons (Fsp3) is 0.581. The fourth-order valence-electron chi connectivity index (χ4n) is 6.52. The molecule has 0 aliphatic carbocycles. The molecule has 4 nitrogen and oxygen atoms in total.